The van der Waals surface area contributed by atoms with Crippen molar-refractivity contribution in [2.75, 3.05) is 20.3 Å². The fourth-order valence-corrected chi connectivity index (χ4v) is 4.58. The van der Waals surface area contributed by atoms with E-state index < -0.39 is 6.09 Å². The molecule has 8 heteroatoms. The van der Waals surface area contributed by atoms with Crippen LogP contribution in [0.2, 0.25) is 0 Å². The smallest absolute Gasteiger partial charge is 0.413 e. The van der Waals surface area contributed by atoms with Gasteiger partial charge in [0.25, 0.3) is 5.91 Å². The van der Waals surface area contributed by atoms with Crippen LogP contribution in [-0.4, -0.2) is 43.4 Å². The van der Waals surface area contributed by atoms with E-state index in [1.54, 1.807) is 26.2 Å². The summed E-state index contributed by atoms with van der Waals surface area (Å²) in [5.41, 5.74) is 1.54. The van der Waals surface area contributed by atoms with Gasteiger partial charge in [-0.15, -0.1) is 0 Å². The maximum absolute atomic E-state index is 12.9. The second-order valence-corrected chi connectivity index (χ2v) is 8.53. The van der Waals surface area contributed by atoms with E-state index in [0.717, 1.165) is 25.7 Å². The number of alkyl carbamates (subject to hydrolysis) is 1. The van der Waals surface area contributed by atoms with Crippen LogP contribution in [0.5, 0.6) is 5.75 Å². The van der Waals surface area contributed by atoms with Gasteiger partial charge in [0.1, 0.15) is 5.75 Å². The molecule has 0 aliphatic heterocycles. The number of nitrogens with one attached hydrogen (secondary N) is 3. The molecule has 0 heterocycles. The molecule has 176 valence electrons. The first-order valence-electron chi connectivity index (χ1n) is 11.2. The molecule has 33 heavy (non-hydrogen) atoms. The summed E-state index contributed by atoms with van der Waals surface area (Å²) in [6.45, 7) is 2.55. The molecule has 2 aromatic rings. The highest BCUT2D eigenvalue weighted by atomic mass is 32.1. The Labute approximate surface area is 200 Å². The zero-order chi connectivity index (χ0) is 23.7. The van der Waals surface area contributed by atoms with Crippen molar-refractivity contribution in [1.29, 1.82) is 0 Å². The monoisotopic (exact) mass is 469 g/mol. The van der Waals surface area contributed by atoms with Crippen molar-refractivity contribution in [2.45, 2.75) is 44.1 Å². The zero-order valence-electron chi connectivity index (χ0n) is 19.1. The number of amides is 2. The minimum Gasteiger partial charge on any atom is -0.496 e. The summed E-state index contributed by atoms with van der Waals surface area (Å²) >= 11 is 5.25. The zero-order valence-corrected chi connectivity index (χ0v) is 19.9. The van der Waals surface area contributed by atoms with Crippen molar-refractivity contribution >= 4 is 29.3 Å². The third-order valence-corrected chi connectivity index (χ3v) is 6.31. The highest BCUT2D eigenvalue weighted by molar-refractivity contribution is 7.80. The molecule has 0 atom stereocenters. The van der Waals surface area contributed by atoms with Gasteiger partial charge in [0.2, 0.25) is 0 Å². The van der Waals surface area contributed by atoms with Crippen LogP contribution in [0.4, 0.5) is 4.79 Å². The third kappa shape index (κ3) is 6.44. The molecular formula is C25H31N3O4S. The maximum Gasteiger partial charge on any atom is 0.413 e. The number of rotatable bonds is 7. The number of methoxy groups -OCH3 is 1. The van der Waals surface area contributed by atoms with Gasteiger partial charge in [0.05, 0.1) is 19.3 Å². The second-order valence-electron chi connectivity index (χ2n) is 8.12. The quantitative estimate of drug-likeness (QED) is 0.533. The van der Waals surface area contributed by atoms with Crippen LogP contribution in [0.15, 0.2) is 54.6 Å². The van der Waals surface area contributed by atoms with Crippen molar-refractivity contribution in [1.82, 2.24) is 16.0 Å². The highest BCUT2D eigenvalue weighted by Gasteiger charge is 2.37. The standard InChI is InChI=1S/C25H31N3O4S/c1-3-32-24(30)28-23(33)27-19-13-15-25(16-14-19,18-9-5-4-6-10-18)17-26-22(29)20-11-7-8-12-21(20)31-2/h4-12,19H,3,13-17H2,1-2H3,(H,26,29)(H2,27,28,30,33). The predicted molar refractivity (Wildman–Crippen MR) is 132 cm³/mol. The van der Waals surface area contributed by atoms with E-state index >= 15 is 0 Å². The molecule has 1 aliphatic carbocycles. The molecule has 3 N–H and O–H groups in total. The van der Waals surface area contributed by atoms with Crippen LogP contribution >= 0.6 is 12.2 Å². The Bertz CT molecular complexity index is 959. The topological polar surface area (TPSA) is 88.7 Å². The molecule has 1 fully saturated rings. The Kier molecular flexibility index (Phi) is 8.65. The van der Waals surface area contributed by atoms with Crippen LogP contribution in [0, 0.1) is 0 Å². The maximum atomic E-state index is 12.9. The second kappa shape index (κ2) is 11.7. The SMILES string of the molecule is CCOC(=O)NC(=S)NC1CCC(CNC(=O)c2ccccc2OC)(c2ccccc2)CC1. The summed E-state index contributed by atoms with van der Waals surface area (Å²) in [6, 6.07) is 17.7. The van der Waals surface area contributed by atoms with Crippen LogP contribution in [-0.2, 0) is 10.2 Å². The molecule has 0 bridgehead atoms. The van der Waals surface area contributed by atoms with E-state index in [2.05, 4.69) is 28.1 Å². The summed E-state index contributed by atoms with van der Waals surface area (Å²) < 4.78 is 10.2. The van der Waals surface area contributed by atoms with Gasteiger partial charge in [-0.05, 0) is 62.5 Å². The molecular weight excluding hydrogens is 438 g/mol. The molecule has 1 aliphatic rings. The van der Waals surface area contributed by atoms with Gasteiger partial charge in [-0.2, -0.15) is 0 Å². The Morgan fingerprint density at radius 1 is 1.06 bits per heavy atom. The number of hydrogen-bond acceptors (Lipinski definition) is 5. The number of carbonyl (C=O) groups excluding carboxylic acids is 2. The number of ether oxygens (including phenoxy) is 2. The molecule has 7 nitrogen and oxygen atoms in total. The van der Waals surface area contributed by atoms with Gasteiger partial charge in [-0.3, -0.25) is 10.1 Å². The third-order valence-electron chi connectivity index (χ3n) is 6.09. The summed E-state index contributed by atoms with van der Waals surface area (Å²) in [6.07, 6.45) is 2.88. The molecule has 2 amide bonds. The van der Waals surface area contributed by atoms with E-state index in [4.69, 9.17) is 21.7 Å². The Morgan fingerprint density at radius 2 is 1.73 bits per heavy atom. The average molecular weight is 470 g/mol. The highest BCUT2D eigenvalue weighted by Crippen LogP contribution is 2.39. The van der Waals surface area contributed by atoms with Gasteiger partial charge in [0, 0.05) is 18.0 Å². The summed E-state index contributed by atoms with van der Waals surface area (Å²) in [4.78, 5) is 24.5. The van der Waals surface area contributed by atoms with Crippen molar-refractivity contribution in [2.24, 2.45) is 0 Å². The van der Waals surface area contributed by atoms with Crippen LogP contribution in [0.3, 0.4) is 0 Å². The molecule has 2 aromatic carbocycles. The Morgan fingerprint density at radius 3 is 2.39 bits per heavy atom. The Hall–Kier alpha value is -3.13. The number of thiocarbonyl (C=S) groups is 1. The molecule has 1 saturated carbocycles. The first-order valence-corrected chi connectivity index (χ1v) is 11.6. The van der Waals surface area contributed by atoms with Crippen molar-refractivity contribution in [3.05, 3.63) is 65.7 Å². The van der Waals surface area contributed by atoms with Gasteiger partial charge in [0.15, 0.2) is 5.11 Å². The fourth-order valence-electron chi connectivity index (χ4n) is 4.33. The van der Waals surface area contributed by atoms with Crippen molar-refractivity contribution < 1.29 is 19.1 Å². The lowest BCUT2D eigenvalue weighted by Gasteiger charge is -2.41. The minimum atomic E-state index is -0.552. The van der Waals surface area contributed by atoms with E-state index in [0.29, 0.717) is 17.9 Å². The lowest BCUT2D eigenvalue weighted by Crippen LogP contribution is -2.50. The largest absolute Gasteiger partial charge is 0.496 e. The summed E-state index contributed by atoms with van der Waals surface area (Å²) in [5.74, 6) is 0.405. The average Bonchev–Trinajstić information content (AvgIpc) is 2.84. The molecule has 0 aromatic heterocycles. The van der Waals surface area contributed by atoms with E-state index in [1.165, 1.54) is 5.56 Å². The van der Waals surface area contributed by atoms with Crippen molar-refractivity contribution in [3.8, 4) is 5.75 Å². The minimum absolute atomic E-state index is 0.140. The van der Waals surface area contributed by atoms with Gasteiger partial charge in [-0.1, -0.05) is 42.5 Å². The Balaban J connectivity index is 1.66. The number of carbonyl (C=O) groups is 2. The molecule has 0 saturated heterocycles. The van der Waals surface area contributed by atoms with Crippen LogP contribution in [0.25, 0.3) is 0 Å². The summed E-state index contributed by atoms with van der Waals surface area (Å²) in [5, 5.41) is 9.17. The van der Waals surface area contributed by atoms with Gasteiger partial charge < -0.3 is 20.1 Å². The van der Waals surface area contributed by atoms with Crippen molar-refractivity contribution in [3.63, 3.8) is 0 Å². The predicted octanol–water partition coefficient (Wildman–Crippen LogP) is 3.93. The molecule has 0 unspecified atom stereocenters. The molecule has 0 radical (unpaired) electrons. The van der Waals surface area contributed by atoms with E-state index in [1.807, 2.05) is 30.3 Å². The number of benzene rings is 2. The molecule has 3 rings (SSSR count). The lowest BCUT2D eigenvalue weighted by molar-refractivity contribution is 0.0932. The first-order chi connectivity index (χ1) is 16.0. The van der Waals surface area contributed by atoms with Gasteiger partial charge >= 0.3 is 6.09 Å². The van der Waals surface area contributed by atoms with Gasteiger partial charge in [-0.25, -0.2) is 4.79 Å². The molecule has 0 spiro atoms. The van der Waals surface area contributed by atoms with Crippen LogP contribution in [0.1, 0.15) is 48.5 Å². The van der Waals surface area contributed by atoms with Crippen LogP contribution < -0.4 is 20.7 Å². The normalized spacial score (nSPS) is 19.8. The fraction of sp³-hybridized carbons (Fsp3) is 0.400. The first kappa shape index (κ1) is 24.5. The number of hydrogen-bond donors (Lipinski definition) is 3. The van der Waals surface area contributed by atoms with E-state index in [-0.39, 0.29) is 29.1 Å². The van der Waals surface area contributed by atoms with E-state index in [9.17, 15) is 9.59 Å². The lowest BCUT2D eigenvalue weighted by atomic mass is 9.68. The number of para-hydroxylation sites is 1. The summed E-state index contributed by atoms with van der Waals surface area (Å²) in [7, 11) is 1.56.